The average molecular weight is 237 g/mol. The monoisotopic (exact) mass is 237 g/mol. The molecule has 98 valence electrons. The van der Waals surface area contributed by atoms with Gasteiger partial charge in [0, 0.05) is 25.0 Å². The summed E-state index contributed by atoms with van der Waals surface area (Å²) in [5, 5.41) is 3.59. The molecule has 0 aliphatic heterocycles. The van der Waals surface area contributed by atoms with E-state index in [9.17, 15) is 0 Å². The molecule has 1 aromatic rings. The van der Waals surface area contributed by atoms with Gasteiger partial charge in [0.15, 0.2) is 0 Å². The summed E-state index contributed by atoms with van der Waals surface area (Å²) in [6.45, 7) is 6.73. The molecule has 0 saturated heterocycles. The molecule has 0 spiro atoms. The molecule has 0 amide bonds. The Hall–Kier alpha value is -0.830. The Morgan fingerprint density at radius 3 is 2.82 bits per heavy atom. The zero-order valence-electron chi connectivity index (χ0n) is 11.4. The molecule has 1 unspecified atom stereocenters. The van der Waals surface area contributed by atoms with Crippen LogP contribution in [0.15, 0.2) is 18.7 Å². The first-order valence-corrected chi connectivity index (χ1v) is 7.02. The number of unbranched alkanes of at least 4 members (excludes halogenated alkanes) is 3. The summed E-state index contributed by atoms with van der Waals surface area (Å²) >= 11 is 0. The number of rotatable bonds is 10. The normalized spacial score (nSPS) is 12.8. The molecule has 1 aromatic heterocycles. The zero-order chi connectivity index (χ0) is 12.3. The number of hydrogen-bond donors (Lipinski definition) is 1. The topological polar surface area (TPSA) is 29.9 Å². The van der Waals surface area contributed by atoms with E-state index in [0.29, 0.717) is 6.04 Å². The Balaban J connectivity index is 1.91. The van der Waals surface area contributed by atoms with Gasteiger partial charge < -0.3 is 9.88 Å². The number of nitrogens with one attached hydrogen (secondary N) is 1. The first-order valence-electron chi connectivity index (χ1n) is 7.02. The maximum Gasteiger partial charge on any atom is 0.0945 e. The van der Waals surface area contributed by atoms with E-state index in [4.69, 9.17) is 0 Å². The predicted octanol–water partition coefficient (Wildman–Crippen LogP) is 3.22. The van der Waals surface area contributed by atoms with E-state index in [1.165, 1.54) is 38.5 Å². The quantitative estimate of drug-likeness (QED) is 0.633. The van der Waals surface area contributed by atoms with E-state index < -0.39 is 0 Å². The standard InChI is InChI=1S/C14H27N3/c1-3-4-5-6-8-14(2)16-9-7-11-17-12-10-15-13-17/h10,12-14,16H,3-9,11H2,1-2H3. The van der Waals surface area contributed by atoms with Gasteiger partial charge in [-0.2, -0.15) is 0 Å². The fraction of sp³-hybridized carbons (Fsp3) is 0.786. The Kier molecular flexibility index (Phi) is 7.72. The highest BCUT2D eigenvalue weighted by Crippen LogP contribution is 2.05. The van der Waals surface area contributed by atoms with Gasteiger partial charge in [0.2, 0.25) is 0 Å². The van der Waals surface area contributed by atoms with Crippen LogP contribution in [0.4, 0.5) is 0 Å². The molecule has 0 aliphatic carbocycles. The van der Waals surface area contributed by atoms with Crippen molar-refractivity contribution >= 4 is 0 Å². The average Bonchev–Trinajstić information content (AvgIpc) is 2.83. The highest BCUT2D eigenvalue weighted by atomic mass is 15.0. The molecule has 1 N–H and O–H groups in total. The molecule has 0 aliphatic rings. The van der Waals surface area contributed by atoms with Crippen LogP contribution >= 0.6 is 0 Å². The number of nitrogens with zero attached hydrogens (tertiary/aromatic N) is 2. The molecule has 0 bridgehead atoms. The first kappa shape index (κ1) is 14.2. The number of hydrogen-bond acceptors (Lipinski definition) is 2. The third-order valence-electron chi connectivity index (χ3n) is 3.14. The van der Waals surface area contributed by atoms with E-state index in [2.05, 4.69) is 28.7 Å². The Morgan fingerprint density at radius 2 is 2.12 bits per heavy atom. The zero-order valence-corrected chi connectivity index (χ0v) is 11.4. The van der Waals surface area contributed by atoms with E-state index in [1.54, 1.807) is 0 Å². The van der Waals surface area contributed by atoms with Crippen LogP contribution in [-0.2, 0) is 6.54 Å². The van der Waals surface area contributed by atoms with Crippen molar-refractivity contribution in [1.29, 1.82) is 0 Å². The molecule has 17 heavy (non-hydrogen) atoms. The minimum absolute atomic E-state index is 0.662. The molecule has 0 fully saturated rings. The van der Waals surface area contributed by atoms with Crippen molar-refractivity contribution in [3.05, 3.63) is 18.7 Å². The van der Waals surface area contributed by atoms with Gasteiger partial charge in [0.1, 0.15) is 0 Å². The van der Waals surface area contributed by atoms with Crippen LogP contribution in [0, 0.1) is 0 Å². The maximum atomic E-state index is 4.04. The van der Waals surface area contributed by atoms with Gasteiger partial charge in [0.05, 0.1) is 6.33 Å². The van der Waals surface area contributed by atoms with Crippen molar-refractivity contribution < 1.29 is 0 Å². The summed E-state index contributed by atoms with van der Waals surface area (Å²) in [5.41, 5.74) is 0. The minimum atomic E-state index is 0.662. The second-order valence-electron chi connectivity index (χ2n) is 4.86. The van der Waals surface area contributed by atoms with E-state index in [1.807, 2.05) is 18.7 Å². The molecule has 0 saturated carbocycles. The Labute approximate surface area is 106 Å². The predicted molar refractivity (Wildman–Crippen MR) is 73.1 cm³/mol. The minimum Gasteiger partial charge on any atom is -0.337 e. The summed E-state index contributed by atoms with van der Waals surface area (Å²) in [4.78, 5) is 4.04. The van der Waals surface area contributed by atoms with Crippen LogP contribution in [-0.4, -0.2) is 22.1 Å². The van der Waals surface area contributed by atoms with Gasteiger partial charge in [-0.15, -0.1) is 0 Å². The number of aromatic nitrogens is 2. The molecule has 0 radical (unpaired) electrons. The molecule has 3 heteroatoms. The van der Waals surface area contributed by atoms with Crippen molar-refractivity contribution in [3.63, 3.8) is 0 Å². The second-order valence-corrected chi connectivity index (χ2v) is 4.86. The third kappa shape index (κ3) is 7.16. The summed E-state index contributed by atoms with van der Waals surface area (Å²) < 4.78 is 2.13. The molecule has 1 heterocycles. The fourth-order valence-corrected chi connectivity index (χ4v) is 2.01. The maximum absolute atomic E-state index is 4.04. The lowest BCUT2D eigenvalue weighted by molar-refractivity contribution is 0.467. The largest absolute Gasteiger partial charge is 0.337 e. The van der Waals surface area contributed by atoms with Gasteiger partial charge in [0.25, 0.3) is 0 Å². The van der Waals surface area contributed by atoms with Crippen molar-refractivity contribution in [2.45, 2.75) is 65.0 Å². The highest BCUT2D eigenvalue weighted by molar-refractivity contribution is 4.74. The van der Waals surface area contributed by atoms with E-state index in [-0.39, 0.29) is 0 Å². The summed E-state index contributed by atoms with van der Waals surface area (Å²) in [5.74, 6) is 0. The number of imidazole rings is 1. The van der Waals surface area contributed by atoms with Crippen molar-refractivity contribution in [2.24, 2.45) is 0 Å². The van der Waals surface area contributed by atoms with Crippen molar-refractivity contribution in [3.8, 4) is 0 Å². The van der Waals surface area contributed by atoms with Gasteiger partial charge in [-0.3, -0.25) is 0 Å². The Bertz CT molecular complexity index is 256. The van der Waals surface area contributed by atoms with Crippen molar-refractivity contribution in [1.82, 2.24) is 14.9 Å². The number of aryl methyl sites for hydroxylation is 1. The van der Waals surface area contributed by atoms with E-state index in [0.717, 1.165) is 13.1 Å². The molecule has 1 atom stereocenters. The summed E-state index contributed by atoms with van der Waals surface area (Å²) in [6, 6.07) is 0.662. The van der Waals surface area contributed by atoms with E-state index >= 15 is 0 Å². The lowest BCUT2D eigenvalue weighted by Gasteiger charge is -2.13. The third-order valence-corrected chi connectivity index (χ3v) is 3.14. The van der Waals surface area contributed by atoms with Crippen molar-refractivity contribution in [2.75, 3.05) is 6.54 Å². The van der Waals surface area contributed by atoms with Crippen LogP contribution in [0.3, 0.4) is 0 Å². The molecule has 3 nitrogen and oxygen atoms in total. The van der Waals surface area contributed by atoms with Gasteiger partial charge in [-0.05, 0) is 26.3 Å². The first-order chi connectivity index (χ1) is 8.33. The molecule has 0 aromatic carbocycles. The van der Waals surface area contributed by atoms with Crippen LogP contribution < -0.4 is 5.32 Å². The van der Waals surface area contributed by atoms with Gasteiger partial charge >= 0.3 is 0 Å². The molecular formula is C14H27N3. The van der Waals surface area contributed by atoms with Gasteiger partial charge in [-0.1, -0.05) is 32.6 Å². The smallest absolute Gasteiger partial charge is 0.0945 e. The van der Waals surface area contributed by atoms with Crippen LogP contribution in [0.2, 0.25) is 0 Å². The lowest BCUT2D eigenvalue weighted by Crippen LogP contribution is -2.27. The van der Waals surface area contributed by atoms with Crippen LogP contribution in [0.25, 0.3) is 0 Å². The molecule has 1 rings (SSSR count). The fourth-order valence-electron chi connectivity index (χ4n) is 2.01. The SMILES string of the molecule is CCCCCCC(C)NCCCn1ccnc1. The summed E-state index contributed by atoms with van der Waals surface area (Å²) in [7, 11) is 0. The lowest BCUT2D eigenvalue weighted by atomic mass is 10.1. The Morgan fingerprint density at radius 1 is 1.24 bits per heavy atom. The van der Waals surface area contributed by atoms with Crippen LogP contribution in [0.5, 0.6) is 0 Å². The molecular weight excluding hydrogens is 210 g/mol. The highest BCUT2D eigenvalue weighted by Gasteiger charge is 2.00. The van der Waals surface area contributed by atoms with Crippen LogP contribution in [0.1, 0.15) is 52.4 Å². The summed E-state index contributed by atoms with van der Waals surface area (Å²) in [6.07, 6.45) is 13.7. The second kappa shape index (κ2) is 9.23. The van der Waals surface area contributed by atoms with Gasteiger partial charge in [-0.25, -0.2) is 4.98 Å².